The van der Waals surface area contributed by atoms with E-state index in [1.807, 2.05) is 18.9 Å². The van der Waals surface area contributed by atoms with Gasteiger partial charge in [-0.15, -0.1) is 12.4 Å². The summed E-state index contributed by atoms with van der Waals surface area (Å²) >= 11 is 0. The van der Waals surface area contributed by atoms with Gasteiger partial charge in [0, 0.05) is 25.6 Å². The molecule has 0 spiro atoms. The lowest BCUT2D eigenvalue weighted by molar-refractivity contribution is -0.135. The topological polar surface area (TPSA) is 46.3 Å². The molecular weight excluding hydrogens is 248 g/mol. The third-order valence-corrected chi connectivity index (χ3v) is 3.70. The van der Waals surface area contributed by atoms with Crippen LogP contribution in [0.3, 0.4) is 0 Å². The molecular formula is C14H21ClN2O. The third-order valence-electron chi connectivity index (χ3n) is 3.70. The van der Waals surface area contributed by atoms with E-state index in [4.69, 9.17) is 5.73 Å². The summed E-state index contributed by atoms with van der Waals surface area (Å²) in [6.07, 6.45) is 1.94. The number of hydrogen-bond donors (Lipinski definition) is 1. The molecule has 0 aromatic heterocycles. The van der Waals surface area contributed by atoms with Crippen molar-refractivity contribution in [2.45, 2.75) is 25.8 Å². The summed E-state index contributed by atoms with van der Waals surface area (Å²) in [4.78, 5) is 13.9. The van der Waals surface area contributed by atoms with Crippen LogP contribution < -0.4 is 5.73 Å². The van der Waals surface area contributed by atoms with Gasteiger partial charge in [-0.3, -0.25) is 4.79 Å². The Morgan fingerprint density at radius 3 is 2.33 bits per heavy atom. The monoisotopic (exact) mass is 268 g/mol. The van der Waals surface area contributed by atoms with Crippen LogP contribution in [0.2, 0.25) is 0 Å². The van der Waals surface area contributed by atoms with E-state index in [0.29, 0.717) is 12.6 Å². The Bertz CT molecular complexity index is 397. The lowest BCUT2D eigenvalue weighted by Gasteiger charge is -2.26. The summed E-state index contributed by atoms with van der Waals surface area (Å²) in [5.74, 6) is 0.0778. The van der Waals surface area contributed by atoms with Gasteiger partial charge in [0.2, 0.25) is 5.91 Å². The zero-order chi connectivity index (χ0) is 12.4. The molecule has 3 nitrogen and oxygen atoms in total. The van der Waals surface area contributed by atoms with Gasteiger partial charge in [0.1, 0.15) is 0 Å². The normalized spacial score (nSPS) is 15.7. The van der Waals surface area contributed by atoms with Crippen molar-refractivity contribution >= 4 is 18.3 Å². The number of nitrogens with zero attached hydrogens (tertiary/aromatic N) is 1. The standard InChI is InChI=1S/C14H20N2O.ClH/c1-10(9-15)14(17)16(2)13-7-11-5-3-4-6-12(11)8-13;/h3-6,10,13H,7-9,15H2,1-2H3;1H. The Morgan fingerprint density at radius 1 is 1.39 bits per heavy atom. The summed E-state index contributed by atoms with van der Waals surface area (Å²) in [6.45, 7) is 2.31. The first kappa shape index (κ1) is 15.0. The van der Waals surface area contributed by atoms with Crippen LogP contribution in [0.1, 0.15) is 18.1 Å². The van der Waals surface area contributed by atoms with Gasteiger partial charge in [-0.2, -0.15) is 0 Å². The number of carbonyl (C=O) groups excluding carboxylic acids is 1. The maximum Gasteiger partial charge on any atom is 0.226 e. The van der Waals surface area contributed by atoms with Crippen LogP contribution in [0.25, 0.3) is 0 Å². The van der Waals surface area contributed by atoms with Gasteiger partial charge in [-0.05, 0) is 24.0 Å². The Balaban J connectivity index is 0.00000162. The van der Waals surface area contributed by atoms with Crippen molar-refractivity contribution in [3.63, 3.8) is 0 Å². The molecule has 4 heteroatoms. The quantitative estimate of drug-likeness (QED) is 0.906. The number of halogens is 1. The highest BCUT2D eigenvalue weighted by Gasteiger charge is 2.28. The molecule has 0 bridgehead atoms. The van der Waals surface area contributed by atoms with E-state index in [2.05, 4.69) is 24.3 Å². The van der Waals surface area contributed by atoms with Crippen LogP contribution in [-0.2, 0) is 17.6 Å². The highest BCUT2D eigenvalue weighted by molar-refractivity contribution is 5.85. The Hall–Kier alpha value is -1.06. The zero-order valence-electron chi connectivity index (χ0n) is 10.9. The fourth-order valence-electron chi connectivity index (χ4n) is 2.44. The van der Waals surface area contributed by atoms with Crippen LogP contribution in [0.5, 0.6) is 0 Å². The molecule has 2 N–H and O–H groups in total. The van der Waals surface area contributed by atoms with Crippen molar-refractivity contribution in [1.82, 2.24) is 4.90 Å². The smallest absolute Gasteiger partial charge is 0.226 e. The van der Waals surface area contributed by atoms with E-state index >= 15 is 0 Å². The first-order valence-corrected chi connectivity index (χ1v) is 6.17. The van der Waals surface area contributed by atoms with Crippen LogP contribution >= 0.6 is 12.4 Å². The van der Waals surface area contributed by atoms with Gasteiger partial charge in [0.25, 0.3) is 0 Å². The van der Waals surface area contributed by atoms with Crippen LogP contribution in [0.15, 0.2) is 24.3 Å². The third kappa shape index (κ3) is 2.85. The Labute approximate surface area is 115 Å². The number of rotatable bonds is 3. The van der Waals surface area contributed by atoms with Crippen LogP contribution in [0.4, 0.5) is 0 Å². The van der Waals surface area contributed by atoms with Crippen molar-refractivity contribution in [2.24, 2.45) is 11.7 Å². The highest BCUT2D eigenvalue weighted by Crippen LogP contribution is 2.25. The van der Waals surface area contributed by atoms with Gasteiger partial charge >= 0.3 is 0 Å². The molecule has 0 saturated heterocycles. The number of carbonyl (C=O) groups is 1. The second-order valence-electron chi connectivity index (χ2n) is 4.92. The average molecular weight is 269 g/mol. The van der Waals surface area contributed by atoms with Gasteiger partial charge in [-0.25, -0.2) is 0 Å². The number of hydrogen-bond acceptors (Lipinski definition) is 2. The van der Waals surface area contributed by atoms with Crippen molar-refractivity contribution in [3.8, 4) is 0 Å². The molecule has 0 radical (unpaired) electrons. The van der Waals surface area contributed by atoms with Gasteiger partial charge in [0.05, 0.1) is 0 Å². The van der Waals surface area contributed by atoms with E-state index in [-0.39, 0.29) is 24.2 Å². The highest BCUT2D eigenvalue weighted by atomic mass is 35.5. The van der Waals surface area contributed by atoms with Gasteiger partial charge in [0.15, 0.2) is 0 Å². The SMILES string of the molecule is CC(CN)C(=O)N(C)C1Cc2ccccc2C1.Cl. The van der Waals surface area contributed by atoms with Crippen molar-refractivity contribution in [1.29, 1.82) is 0 Å². The van der Waals surface area contributed by atoms with E-state index < -0.39 is 0 Å². The average Bonchev–Trinajstić information content (AvgIpc) is 2.79. The number of fused-ring (bicyclic) bond motifs is 1. The number of nitrogens with two attached hydrogens (primary N) is 1. The molecule has 1 aromatic rings. The molecule has 0 fully saturated rings. The molecule has 100 valence electrons. The second kappa shape index (κ2) is 6.21. The molecule has 1 amide bonds. The molecule has 0 aliphatic heterocycles. The summed E-state index contributed by atoms with van der Waals surface area (Å²) in [7, 11) is 1.89. The first-order valence-electron chi connectivity index (χ1n) is 6.17. The minimum Gasteiger partial charge on any atom is -0.342 e. The summed E-state index contributed by atoms with van der Waals surface area (Å²) in [6, 6.07) is 8.73. The maximum absolute atomic E-state index is 12.1. The molecule has 0 heterocycles. The largest absolute Gasteiger partial charge is 0.342 e. The summed E-state index contributed by atoms with van der Waals surface area (Å²) in [5, 5.41) is 0. The molecule has 1 atom stereocenters. The summed E-state index contributed by atoms with van der Waals surface area (Å²) < 4.78 is 0. The fourth-order valence-corrected chi connectivity index (χ4v) is 2.44. The zero-order valence-corrected chi connectivity index (χ0v) is 11.7. The maximum atomic E-state index is 12.1. The molecule has 1 aliphatic carbocycles. The molecule has 1 aromatic carbocycles. The number of likely N-dealkylation sites (N-methyl/N-ethyl adjacent to an activating group) is 1. The first-order chi connectivity index (χ1) is 8.13. The van der Waals surface area contributed by atoms with Crippen LogP contribution in [-0.4, -0.2) is 30.4 Å². The van der Waals surface area contributed by atoms with E-state index in [1.165, 1.54) is 11.1 Å². The van der Waals surface area contributed by atoms with E-state index in [1.54, 1.807) is 0 Å². The molecule has 18 heavy (non-hydrogen) atoms. The fraction of sp³-hybridized carbons (Fsp3) is 0.500. The predicted molar refractivity (Wildman–Crippen MR) is 75.9 cm³/mol. The molecule has 0 saturated carbocycles. The lowest BCUT2D eigenvalue weighted by Crippen LogP contribution is -2.42. The minimum absolute atomic E-state index is 0. The number of benzene rings is 1. The Kier molecular flexibility index (Phi) is 5.17. The summed E-state index contributed by atoms with van der Waals surface area (Å²) in [5.41, 5.74) is 8.29. The minimum atomic E-state index is -0.0799. The predicted octanol–water partition coefficient (Wildman–Crippen LogP) is 1.63. The molecule has 1 aliphatic rings. The number of amides is 1. The van der Waals surface area contributed by atoms with E-state index in [9.17, 15) is 4.79 Å². The lowest BCUT2D eigenvalue weighted by atomic mass is 10.1. The van der Waals surface area contributed by atoms with Crippen molar-refractivity contribution in [2.75, 3.05) is 13.6 Å². The molecule has 2 rings (SSSR count). The van der Waals surface area contributed by atoms with Crippen molar-refractivity contribution < 1.29 is 4.79 Å². The second-order valence-corrected chi connectivity index (χ2v) is 4.92. The Morgan fingerprint density at radius 2 is 1.89 bits per heavy atom. The van der Waals surface area contributed by atoms with Gasteiger partial charge < -0.3 is 10.6 Å². The molecule has 1 unspecified atom stereocenters. The van der Waals surface area contributed by atoms with E-state index in [0.717, 1.165) is 12.8 Å². The van der Waals surface area contributed by atoms with Crippen LogP contribution in [0, 0.1) is 5.92 Å². The van der Waals surface area contributed by atoms with Gasteiger partial charge in [-0.1, -0.05) is 31.2 Å². The van der Waals surface area contributed by atoms with Crippen molar-refractivity contribution in [3.05, 3.63) is 35.4 Å².